The Morgan fingerprint density at radius 2 is 2.00 bits per heavy atom. The summed E-state index contributed by atoms with van der Waals surface area (Å²) in [5.41, 5.74) is 6.76. The number of benzene rings is 1. The highest BCUT2D eigenvalue weighted by atomic mass is 16.5. The average Bonchev–Trinajstić information content (AvgIpc) is 2.66. The zero-order chi connectivity index (χ0) is 11.6. The first-order valence-corrected chi connectivity index (χ1v) is 5.21. The highest BCUT2D eigenvalue weighted by Crippen LogP contribution is 2.19. The maximum absolute atomic E-state index is 6.20. The molecule has 0 saturated carbocycles. The molecule has 0 aliphatic rings. The van der Waals surface area contributed by atoms with E-state index in [-0.39, 0.29) is 0 Å². The van der Waals surface area contributed by atoms with E-state index in [9.17, 15) is 0 Å². The lowest BCUT2D eigenvalue weighted by molar-refractivity contribution is 0.363. The number of hydrogen-bond acceptors (Lipinski definition) is 4. The van der Waals surface area contributed by atoms with Gasteiger partial charge in [-0.2, -0.15) is 4.98 Å². The van der Waals surface area contributed by atoms with Crippen LogP contribution < -0.4 is 5.73 Å². The van der Waals surface area contributed by atoms with Gasteiger partial charge in [-0.05, 0) is 18.9 Å². The largest absolute Gasteiger partial charge is 0.340 e. The molecule has 0 aliphatic heterocycles. The Balaban J connectivity index is 2.20. The zero-order valence-corrected chi connectivity index (χ0v) is 9.47. The highest BCUT2D eigenvalue weighted by molar-refractivity contribution is 5.19. The molecule has 16 heavy (non-hydrogen) atoms. The second-order valence-corrected chi connectivity index (χ2v) is 4.22. The van der Waals surface area contributed by atoms with Crippen molar-refractivity contribution in [1.29, 1.82) is 0 Å². The lowest BCUT2D eigenvalue weighted by Crippen LogP contribution is -2.36. The summed E-state index contributed by atoms with van der Waals surface area (Å²) in [6, 6.07) is 10.0. The molecule has 2 rings (SSSR count). The minimum absolute atomic E-state index is 0.541. The minimum Gasteiger partial charge on any atom is -0.340 e. The van der Waals surface area contributed by atoms with E-state index in [0.29, 0.717) is 18.1 Å². The van der Waals surface area contributed by atoms with Gasteiger partial charge in [0.2, 0.25) is 5.89 Å². The number of aromatic nitrogens is 2. The third-order valence-corrected chi connectivity index (χ3v) is 2.45. The molecule has 1 aromatic carbocycles. The summed E-state index contributed by atoms with van der Waals surface area (Å²) in [6.45, 7) is 3.67. The van der Waals surface area contributed by atoms with E-state index in [2.05, 4.69) is 10.1 Å². The van der Waals surface area contributed by atoms with Gasteiger partial charge in [0.1, 0.15) is 0 Å². The van der Waals surface area contributed by atoms with E-state index in [1.54, 1.807) is 6.92 Å². The molecule has 4 heteroatoms. The fraction of sp³-hybridized carbons (Fsp3) is 0.333. The Morgan fingerprint density at radius 1 is 1.31 bits per heavy atom. The molecule has 0 fully saturated rings. The van der Waals surface area contributed by atoms with Crippen molar-refractivity contribution in [3.63, 3.8) is 0 Å². The molecule has 1 atom stereocenters. The molecule has 0 spiro atoms. The molecule has 0 bridgehead atoms. The quantitative estimate of drug-likeness (QED) is 0.851. The first kappa shape index (κ1) is 10.8. The summed E-state index contributed by atoms with van der Waals surface area (Å²) in [5, 5.41) is 3.87. The number of rotatable bonds is 3. The van der Waals surface area contributed by atoms with Crippen molar-refractivity contribution in [3.05, 3.63) is 47.6 Å². The summed E-state index contributed by atoms with van der Waals surface area (Å²) < 4.78 is 4.95. The molecular weight excluding hydrogens is 202 g/mol. The molecule has 2 N–H and O–H groups in total. The zero-order valence-electron chi connectivity index (χ0n) is 9.47. The molecule has 4 nitrogen and oxygen atoms in total. The third-order valence-electron chi connectivity index (χ3n) is 2.45. The molecule has 1 heterocycles. The minimum atomic E-state index is -0.598. The standard InChI is InChI=1S/C12H15N3O/c1-9-14-11(15-16-9)12(2,13)8-10-6-4-3-5-7-10/h3-7H,8,13H2,1-2H3. The van der Waals surface area contributed by atoms with Crippen LogP contribution in [-0.2, 0) is 12.0 Å². The van der Waals surface area contributed by atoms with Crippen LogP contribution in [0.2, 0.25) is 0 Å². The van der Waals surface area contributed by atoms with Gasteiger partial charge >= 0.3 is 0 Å². The first-order chi connectivity index (χ1) is 7.58. The molecular formula is C12H15N3O. The van der Waals surface area contributed by atoms with Crippen molar-refractivity contribution in [2.45, 2.75) is 25.8 Å². The van der Waals surface area contributed by atoms with Gasteiger partial charge in [0, 0.05) is 6.92 Å². The van der Waals surface area contributed by atoms with Crippen LogP contribution in [-0.4, -0.2) is 10.1 Å². The van der Waals surface area contributed by atoms with E-state index in [1.807, 2.05) is 37.3 Å². The predicted molar refractivity (Wildman–Crippen MR) is 60.7 cm³/mol. The molecule has 0 radical (unpaired) electrons. The van der Waals surface area contributed by atoms with Gasteiger partial charge in [-0.25, -0.2) is 0 Å². The predicted octanol–water partition coefficient (Wildman–Crippen LogP) is 1.79. The molecule has 0 aliphatic carbocycles. The Morgan fingerprint density at radius 3 is 2.56 bits per heavy atom. The normalized spacial score (nSPS) is 14.7. The molecule has 0 saturated heterocycles. The highest BCUT2D eigenvalue weighted by Gasteiger charge is 2.27. The van der Waals surface area contributed by atoms with E-state index in [1.165, 1.54) is 0 Å². The number of nitrogens with zero attached hydrogens (tertiary/aromatic N) is 2. The van der Waals surface area contributed by atoms with Gasteiger partial charge in [-0.3, -0.25) is 0 Å². The van der Waals surface area contributed by atoms with Gasteiger partial charge in [0.15, 0.2) is 5.82 Å². The Hall–Kier alpha value is -1.68. The Labute approximate surface area is 94.5 Å². The van der Waals surface area contributed by atoms with Gasteiger partial charge in [0.25, 0.3) is 0 Å². The fourth-order valence-electron chi connectivity index (χ4n) is 1.63. The summed E-state index contributed by atoms with van der Waals surface area (Å²) in [4.78, 5) is 4.18. The van der Waals surface area contributed by atoms with E-state index < -0.39 is 5.54 Å². The Kier molecular flexibility index (Phi) is 2.75. The van der Waals surface area contributed by atoms with Crippen LogP contribution >= 0.6 is 0 Å². The summed E-state index contributed by atoms with van der Waals surface area (Å²) >= 11 is 0. The van der Waals surface area contributed by atoms with Crippen LogP contribution in [0, 0.1) is 6.92 Å². The fourth-order valence-corrected chi connectivity index (χ4v) is 1.63. The number of nitrogens with two attached hydrogens (primary N) is 1. The summed E-state index contributed by atoms with van der Waals surface area (Å²) in [6.07, 6.45) is 0.687. The van der Waals surface area contributed by atoms with Crippen molar-refractivity contribution in [2.75, 3.05) is 0 Å². The van der Waals surface area contributed by atoms with E-state index in [4.69, 9.17) is 10.3 Å². The lowest BCUT2D eigenvalue weighted by atomic mass is 9.93. The molecule has 2 aromatic rings. The maximum atomic E-state index is 6.20. The van der Waals surface area contributed by atoms with Gasteiger partial charge in [-0.1, -0.05) is 35.5 Å². The van der Waals surface area contributed by atoms with Crippen molar-refractivity contribution in [1.82, 2.24) is 10.1 Å². The summed E-state index contributed by atoms with van der Waals surface area (Å²) in [5.74, 6) is 1.09. The second kappa shape index (κ2) is 4.06. The van der Waals surface area contributed by atoms with Gasteiger partial charge in [-0.15, -0.1) is 0 Å². The van der Waals surface area contributed by atoms with Crippen LogP contribution in [0.5, 0.6) is 0 Å². The number of hydrogen-bond donors (Lipinski definition) is 1. The van der Waals surface area contributed by atoms with Gasteiger partial charge in [0.05, 0.1) is 5.54 Å². The third kappa shape index (κ3) is 2.28. The van der Waals surface area contributed by atoms with Crippen molar-refractivity contribution >= 4 is 0 Å². The van der Waals surface area contributed by atoms with Crippen molar-refractivity contribution < 1.29 is 4.52 Å². The van der Waals surface area contributed by atoms with E-state index in [0.717, 1.165) is 5.56 Å². The van der Waals surface area contributed by atoms with Crippen LogP contribution in [0.4, 0.5) is 0 Å². The second-order valence-electron chi connectivity index (χ2n) is 4.22. The molecule has 0 amide bonds. The van der Waals surface area contributed by atoms with Crippen LogP contribution in [0.3, 0.4) is 0 Å². The average molecular weight is 217 g/mol. The molecule has 1 aromatic heterocycles. The van der Waals surface area contributed by atoms with Crippen LogP contribution in [0.25, 0.3) is 0 Å². The van der Waals surface area contributed by atoms with Gasteiger partial charge < -0.3 is 10.3 Å². The van der Waals surface area contributed by atoms with Crippen molar-refractivity contribution in [3.8, 4) is 0 Å². The smallest absolute Gasteiger partial charge is 0.223 e. The first-order valence-electron chi connectivity index (χ1n) is 5.21. The van der Waals surface area contributed by atoms with E-state index >= 15 is 0 Å². The summed E-state index contributed by atoms with van der Waals surface area (Å²) in [7, 11) is 0. The molecule has 1 unspecified atom stereocenters. The van der Waals surface area contributed by atoms with Crippen LogP contribution in [0.15, 0.2) is 34.9 Å². The molecule has 84 valence electrons. The maximum Gasteiger partial charge on any atom is 0.223 e. The van der Waals surface area contributed by atoms with Crippen LogP contribution in [0.1, 0.15) is 24.2 Å². The number of aryl methyl sites for hydroxylation is 1. The monoisotopic (exact) mass is 217 g/mol. The lowest BCUT2D eigenvalue weighted by Gasteiger charge is -2.20. The van der Waals surface area contributed by atoms with Crippen molar-refractivity contribution in [2.24, 2.45) is 5.73 Å². The topological polar surface area (TPSA) is 64.9 Å². The SMILES string of the molecule is Cc1nc(C(C)(N)Cc2ccccc2)no1. The Bertz CT molecular complexity index is 462.